The summed E-state index contributed by atoms with van der Waals surface area (Å²) < 4.78 is 17.9. The van der Waals surface area contributed by atoms with Crippen LogP contribution in [0.15, 0.2) is 91.0 Å². The van der Waals surface area contributed by atoms with Crippen LogP contribution >= 0.6 is 0 Å². The molecule has 1 aliphatic carbocycles. The molecule has 1 aliphatic rings. The number of ether oxygens (including phenoxy) is 3. The second-order valence-corrected chi connectivity index (χ2v) is 8.26. The molecular formula is C27H30O6. The summed E-state index contributed by atoms with van der Waals surface area (Å²) in [5, 5.41) is 32.8. The highest BCUT2D eigenvalue weighted by molar-refractivity contribution is 5.16. The summed E-state index contributed by atoms with van der Waals surface area (Å²) in [4.78, 5) is 0. The lowest BCUT2D eigenvalue weighted by molar-refractivity contribution is -0.262. The highest BCUT2D eigenvalue weighted by Gasteiger charge is 2.51. The Kier molecular flexibility index (Phi) is 8.23. The van der Waals surface area contributed by atoms with Crippen molar-refractivity contribution in [1.82, 2.24) is 0 Å². The summed E-state index contributed by atoms with van der Waals surface area (Å²) in [6.07, 6.45) is -6.68. The predicted octanol–water partition coefficient (Wildman–Crippen LogP) is 2.84. The Morgan fingerprint density at radius 1 is 0.424 bits per heavy atom. The summed E-state index contributed by atoms with van der Waals surface area (Å²) in [5.41, 5.74) is 2.74. The van der Waals surface area contributed by atoms with Crippen molar-refractivity contribution in [2.45, 2.75) is 56.4 Å². The van der Waals surface area contributed by atoms with Crippen LogP contribution in [-0.4, -0.2) is 51.9 Å². The lowest BCUT2D eigenvalue weighted by Gasteiger charge is -2.45. The van der Waals surface area contributed by atoms with Crippen LogP contribution in [-0.2, 0) is 34.0 Å². The van der Waals surface area contributed by atoms with Crippen molar-refractivity contribution in [2.75, 3.05) is 0 Å². The van der Waals surface area contributed by atoms with E-state index in [1.807, 2.05) is 91.0 Å². The SMILES string of the molecule is O[C@@H]1[C@@H](O)[C@H](OCc2ccccc2)[C@@H](OCc2ccccc2)[C@@H](O)[C@H]1OCc1ccccc1. The predicted molar refractivity (Wildman–Crippen MR) is 123 cm³/mol. The first-order valence-electron chi connectivity index (χ1n) is 11.1. The van der Waals surface area contributed by atoms with Gasteiger partial charge in [0.05, 0.1) is 19.8 Å². The van der Waals surface area contributed by atoms with Crippen molar-refractivity contribution < 1.29 is 29.5 Å². The molecule has 4 rings (SSSR count). The second-order valence-electron chi connectivity index (χ2n) is 8.26. The molecule has 0 amide bonds. The Labute approximate surface area is 194 Å². The Hall–Kier alpha value is -2.58. The van der Waals surface area contributed by atoms with E-state index in [0.29, 0.717) is 0 Å². The van der Waals surface area contributed by atoms with E-state index in [1.54, 1.807) is 0 Å². The van der Waals surface area contributed by atoms with Crippen molar-refractivity contribution >= 4 is 0 Å². The van der Waals surface area contributed by atoms with Crippen LogP contribution in [0.2, 0.25) is 0 Å². The molecule has 0 aliphatic heterocycles. The zero-order valence-corrected chi connectivity index (χ0v) is 18.3. The van der Waals surface area contributed by atoms with Gasteiger partial charge in [0.25, 0.3) is 0 Å². The smallest absolute Gasteiger partial charge is 0.115 e. The Morgan fingerprint density at radius 2 is 0.727 bits per heavy atom. The van der Waals surface area contributed by atoms with Gasteiger partial charge in [-0.25, -0.2) is 0 Å². The van der Waals surface area contributed by atoms with Crippen LogP contribution in [0.3, 0.4) is 0 Å². The number of benzene rings is 3. The van der Waals surface area contributed by atoms with Crippen molar-refractivity contribution in [2.24, 2.45) is 0 Å². The summed E-state index contributed by atoms with van der Waals surface area (Å²) in [5.74, 6) is 0. The minimum absolute atomic E-state index is 0.188. The molecule has 6 heteroatoms. The van der Waals surface area contributed by atoms with E-state index in [2.05, 4.69) is 0 Å². The van der Waals surface area contributed by atoms with Gasteiger partial charge < -0.3 is 29.5 Å². The molecule has 174 valence electrons. The molecule has 0 bridgehead atoms. The molecule has 0 aromatic heterocycles. The molecule has 6 atom stereocenters. The van der Waals surface area contributed by atoms with Crippen LogP contribution in [0.25, 0.3) is 0 Å². The van der Waals surface area contributed by atoms with E-state index < -0.39 is 36.6 Å². The molecule has 0 spiro atoms. The lowest BCUT2D eigenvalue weighted by atomic mass is 9.84. The summed E-state index contributed by atoms with van der Waals surface area (Å²) in [6, 6.07) is 28.6. The topological polar surface area (TPSA) is 88.4 Å². The molecule has 1 saturated carbocycles. The minimum atomic E-state index is -1.33. The van der Waals surface area contributed by atoms with Crippen LogP contribution < -0.4 is 0 Å². The maximum Gasteiger partial charge on any atom is 0.115 e. The Balaban J connectivity index is 1.49. The molecule has 0 unspecified atom stereocenters. The third-order valence-corrected chi connectivity index (χ3v) is 5.88. The summed E-state index contributed by atoms with van der Waals surface area (Å²) >= 11 is 0. The highest BCUT2D eigenvalue weighted by Crippen LogP contribution is 2.30. The summed E-state index contributed by atoms with van der Waals surface area (Å²) in [6.45, 7) is 0.623. The van der Waals surface area contributed by atoms with Gasteiger partial charge in [-0.2, -0.15) is 0 Å². The van der Waals surface area contributed by atoms with Gasteiger partial charge in [0.15, 0.2) is 0 Å². The molecule has 3 N–H and O–H groups in total. The van der Waals surface area contributed by atoms with Crippen LogP contribution in [0, 0.1) is 0 Å². The van der Waals surface area contributed by atoms with E-state index in [0.717, 1.165) is 16.7 Å². The molecule has 33 heavy (non-hydrogen) atoms. The Bertz CT molecular complexity index is 952. The molecule has 3 aromatic rings. The van der Waals surface area contributed by atoms with Crippen molar-refractivity contribution in [3.05, 3.63) is 108 Å². The van der Waals surface area contributed by atoms with Crippen molar-refractivity contribution in [3.8, 4) is 0 Å². The van der Waals surface area contributed by atoms with Gasteiger partial charge in [0.2, 0.25) is 0 Å². The zero-order chi connectivity index (χ0) is 23.0. The first-order chi connectivity index (χ1) is 16.1. The third kappa shape index (κ3) is 6.06. The fourth-order valence-corrected chi connectivity index (χ4v) is 4.05. The molecule has 1 fully saturated rings. The average molecular weight is 451 g/mol. The molecule has 0 heterocycles. The quantitative estimate of drug-likeness (QED) is 0.465. The number of hydrogen-bond donors (Lipinski definition) is 3. The summed E-state index contributed by atoms with van der Waals surface area (Å²) in [7, 11) is 0. The van der Waals surface area contributed by atoms with Gasteiger partial charge in [-0.3, -0.25) is 0 Å². The second kappa shape index (κ2) is 11.5. The molecule has 0 radical (unpaired) electrons. The van der Waals surface area contributed by atoms with Gasteiger partial charge in [-0.15, -0.1) is 0 Å². The van der Waals surface area contributed by atoms with Gasteiger partial charge >= 0.3 is 0 Å². The van der Waals surface area contributed by atoms with Gasteiger partial charge in [-0.1, -0.05) is 91.0 Å². The van der Waals surface area contributed by atoms with Gasteiger partial charge in [-0.05, 0) is 16.7 Å². The first-order valence-corrected chi connectivity index (χ1v) is 11.1. The molecular weight excluding hydrogens is 420 g/mol. The number of rotatable bonds is 9. The Morgan fingerprint density at radius 3 is 1.12 bits per heavy atom. The van der Waals surface area contributed by atoms with Gasteiger partial charge in [0.1, 0.15) is 36.6 Å². The van der Waals surface area contributed by atoms with Crippen LogP contribution in [0.4, 0.5) is 0 Å². The van der Waals surface area contributed by atoms with Crippen molar-refractivity contribution in [3.63, 3.8) is 0 Å². The fraction of sp³-hybridized carbons (Fsp3) is 0.333. The number of hydrogen-bond acceptors (Lipinski definition) is 6. The monoisotopic (exact) mass is 450 g/mol. The molecule has 0 saturated heterocycles. The van der Waals surface area contributed by atoms with E-state index in [9.17, 15) is 15.3 Å². The zero-order valence-electron chi connectivity index (χ0n) is 18.3. The van der Waals surface area contributed by atoms with E-state index in [1.165, 1.54) is 0 Å². The highest BCUT2D eigenvalue weighted by atomic mass is 16.6. The normalized spacial score (nSPS) is 27.4. The fourth-order valence-electron chi connectivity index (χ4n) is 4.05. The van der Waals surface area contributed by atoms with Crippen LogP contribution in [0.1, 0.15) is 16.7 Å². The number of aliphatic hydroxyl groups is 3. The maximum atomic E-state index is 11.1. The first kappa shape index (κ1) is 23.6. The van der Waals surface area contributed by atoms with E-state index in [-0.39, 0.29) is 19.8 Å². The van der Waals surface area contributed by atoms with Crippen molar-refractivity contribution in [1.29, 1.82) is 0 Å². The standard InChI is InChI=1S/C27H30O6/c28-22-23(29)26(32-17-20-12-6-2-7-13-20)27(33-18-21-14-8-3-9-15-21)24(30)25(22)31-16-19-10-4-1-5-11-19/h1-15,22-30H,16-18H2/t22-,23-,24+,25+,26+,27+/m1/s1. The molecule has 3 aromatic carbocycles. The molecule has 6 nitrogen and oxygen atoms in total. The van der Waals surface area contributed by atoms with Crippen LogP contribution in [0.5, 0.6) is 0 Å². The van der Waals surface area contributed by atoms with E-state index in [4.69, 9.17) is 14.2 Å². The lowest BCUT2D eigenvalue weighted by Crippen LogP contribution is -2.65. The van der Waals surface area contributed by atoms with Gasteiger partial charge in [0, 0.05) is 0 Å². The third-order valence-electron chi connectivity index (χ3n) is 5.88. The maximum absolute atomic E-state index is 11.1. The van der Waals surface area contributed by atoms with E-state index >= 15 is 0 Å². The average Bonchev–Trinajstić information content (AvgIpc) is 2.86. The minimum Gasteiger partial charge on any atom is -0.387 e. The number of aliphatic hydroxyl groups excluding tert-OH is 3. The largest absolute Gasteiger partial charge is 0.387 e.